The van der Waals surface area contributed by atoms with Gasteiger partial charge in [-0.15, -0.1) is 0 Å². The number of carbonyl (C=O) groups excluding carboxylic acids is 1. The first-order chi connectivity index (χ1) is 14.6. The Morgan fingerprint density at radius 2 is 1.43 bits per heavy atom. The number of benzene rings is 1. The first kappa shape index (κ1) is 26.5. The third-order valence-electron chi connectivity index (χ3n) is 6.30. The van der Waals surface area contributed by atoms with Crippen molar-refractivity contribution in [1.29, 1.82) is 0 Å². The van der Waals surface area contributed by atoms with Gasteiger partial charge in [0, 0.05) is 30.9 Å². The van der Waals surface area contributed by atoms with E-state index in [9.17, 15) is 4.79 Å². The summed E-state index contributed by atoms with van der Waals surface area (Å²) >= 11 is 0. The van der Waals surface area contributed by atoms with E-state index in [4.69, 9.17) is 0 Å². The highest BCUT2D eigenvalue weighted by Gasteiger charge is 2.18. The van der Waals surface area contributed by atoms with Crippen LogP contribution in [0.2, 0.25) is 0 Å². The zero-order chi connectivity index (χ0) is 22.2. The Bertz CT molecular complexity index is 554. The fourth-order valence-corrected chi connectivity index (χ4v) is 4.08. The van der Waals surface area contributed by atoms with Crippen molar-refractivity contribution in [3.05, 3.63) is 24.3 Å². The van der Waals surface area contributed by atoms with Crippen molar-refractivity contribution < 1.29 is 4.79 Å². The molecule has 0 radical (unpaired) electrons. The molecule has 1 aromatic carbocycles. The second-order valence-electron chi connectivity index (χ2n) is 8.94. The van der Waals surface area contributed by atoms with E-state index in [1.54, 1.807) is 0 Å². The molecule has 30 heavy (non-hydrogen) atoms. The maximum Gasteiger partial charge on any atom is 0.224 e. The molecule has 0 saturated heterocycles. The molecule has 0 aliphatic rings. The molecule has 0 fully saturated rings. The summed E-state index contributed by atoms with van der Waals surface area (Å²) in [6.45, 7) is 13.6. The molecular weight excluding hydrogens is 368 g/mol. The Hall–Kier alpha value is -1.51. The molecule has 0 saturated carbocycles. The van der Waals surface area contributed by atoms with Crippen LogP contribution < -0.4 is 10.2 Å². The number of hydrogen-bond donors (Lipinski definition) is 1. The minimum atomic E-state index is 0.129. The summed E-state index contributed by atoms with van der Waals surface area (Å²) in [6, 6.07) is 8.52. The molecule has 0 bridgehead atoms. The van der Waals surface area contributed by atoms with Crippen molar-refractivity contribution in [2.75, 3.05) is 23.3 Å². The summed E-state index contributed by atoms with van der Waals surface area (Å²) in [7, 11) is 0. The monoisotopic (exact) mass is 416 g/mol. The van der Waals surface area contributed by atoms with E-state index in [2.05, 4.69) is 63.0 Å². The van der Waals surface area contributed by atoms with Gasteiger partial charge < -0.3 is 10.2 Å². The average Bonchev–Trinajstić information content (AvgIpc) is 2.76. The van der Waals surface area contributed by atoms with Crippen LogP contribution in [0.3, 0.4) is 0 Å². The van der Waals surface area contributed by atoms with E-state index >= 15 is 0 Å². The van der Waals surface area contributed by atoms with Crippen LogP contribution >= 0.6 is 0 Å². The quantitative estimate of drug-likeness (QED) is 0.278. The first-order valence-corrected chi connectivity index (χ1v) is 12.7. The lowest BCUT2D eigenvalue weighted by atomic mass is 9.95. The molecule has 3 nitrogen and oxygen atoms in total. The second-order valence-corrected chi connectivity index (χ2v) is 8.94. The van der Waals surface area contributed by atoms with E-state index < -0.39 is 0 Å². The normalized spacial score (nSPS) is 13.1. The number of rotatable bonds is 17. The number of amides is 1. The van der Waals surface area contributed by atoms with Crippen LogP contribution in [0, 0.1) is 11.8 Å². The topological polar surface area (TPSA) is 32.3 Å². The third-order valence-corrected chi connectivity index (χ3v) is 6.30. The van der Waals surface area contributed by atoms with Gasteiger partial charge in [-0.25, -0.2) is 0 Å². The SMILES string of the molecule is CCCCC(=O)Nc1cccc(N(CC(CC)CCCC)CC(CC)CCCC)c1. The van der Waals surface area contributed by atoms with Crippen molar-refractivity contribution >= 4 is 17.3 Å². The fourth-order valence-electron chi connectivity index (χ4n) is 4.08. The Morgan fingerprint density at radius 3 is 1.93 bits per heavy atom. The van der Waals surface area contributed by atoms with Gasteiger partial charge >= 0.3 is 0 Å². The number of nitrogens with one attached hydrogen (secondary N) is 1. The zero-order valence-corrected chi connectivity index (χ0v) is 20.5. The molecule has 0 aliphatic heterocycles. The lowest BCUT2D eigenvalue weighted by Crippen LogP contribution is -2.34. The smallest absolute Gasteiger partial charge is 0.224 e. The van der Waals surface area contributed by atoms with Gasteiger partial charge in [0.05, 0.1) is 0 Å². The predicted octanol–water partition coefficient (Wildman–Crippen LogP) is 8.05. The molecular formula is C27H48N2O. The zero-order valence-electron chi connectivity index (χ0n) is 20.5. The molecule has 1 N–H and O–H groups in total. The molecule has 2 atom stereocenters. The molecule has 172 valence electrons. The van der Waals surface area contributed by atoms with Crippen LogP contribution in [0.5, 0.6) is 0 Å². The number of anilines is 2. The van der Waals surface area contributed by atoms with E-state index in [1.165, 1.54) is 57.1 Å². The molecule has 0 aromatic heterocycles. The molecule has 1 aromatic rings. The number of nitrogens with zero attached hydrogens (tertiary/aromatic N) is 1. The molecule has 1 rings (SSSR count). The average molecular weight is 417 g/mol. The molecule has 0 spiro atoms. The van der Waals surface area contributed by atoms with Crippen molar-refractivity contribution in [1.82, 2.24) is 0 Å². The molecule has 2 unspecified atom stereocenters. The van der Waals surface area contributed by atoms with Gasteiger partial charge in [0.1, 0.15) is 0 Å². The van der Waals surface area contributed by atoms with Gasteiger partial charge in [0.15, 0.2) is 0 Å². The summed E-state index contributed by atoms with van der Waals surface area (Å²) in [5.41, 5.74) is 2.19. The largest absolute Gasteiger partial charge is 0.371 e. The van der Waals surface area contributed by atoms with Gasteiger partial charge in [0.2, 0.25) is 5.91 Å². The molecule has 0 aliphatic carbocycles. The third kappa shape index (κ3) is 10.5. The van der Waals surface area contributed by atoms with Crippen molar-refractivity contribution in [3.63, 3.8) is 0 Å². The van der Waals surface area contributed by atoms with Crippen molar-refractivity contribution in [2.45, 2.75) is 105 Å². The van der Waals surface area contributed by atoms with Gasteiger partial charge in [0.25, 0.3) is 0 Å². The van der Waals surface area contributed by atoms with Crippen LogP contribution in [0.15, 0.2) is 24.3 Å². The van der Waals surface area contributed by atoms with Gasteiger partial charge in [-0.05, 0) is 49.3 Å². The maximum atomic E-state index is 12.2. The molecule has 1 amide bonds. The molecule has 0 heterocycles. The van der Waals surface area contributed by atoms with Crippen LogP contribution in [0.25, 0.3) is 0 Å². The van der Waals surface area contributed by atoms with E-state index in [0.29, 0.717) is 6.42 Å². The lowest BCUT2D eigenvalue weighted by molar-refractivity contribution is -0.116. The Balaban J connectivity index is 2.98. The number of carbonyl (C=O) groups is 1. The highest BCUT2D eigenvalue weighted by atomic mass is 16.1. The fraction of sp³-hybridized carbons (Fsp3) is 0.741. The first-order valence-electron chi connectivity index (χ1n) is 12.7. The Kier molecular flexibility index (Phi) is 14.3. The van der Waals surface area contributed by atoms with Crippen LogP contribution in [-0.2, 0) is 4.79 Å². The van der Waals surface area contributed by atoms with Gasteiger partial charge in [-0.3, -0.25) is 4.79 Å². The van der Waals surface area contributed by atoms with E-state index in [0.717, 1.165) is 43.5 Å². The number of unbranched alkanes of at least 4 members (excludes halogenated alkanes) is 3. The van der Waals surface area contributed by atoms with Crippen LogP contribution in [0.4, 0.5) is 11.4 Å². The summed E-state index contributed by atoms with van der Waals surface area (Å²) in [5.74, 6) is 1.59. The van der Waals surface area contributed by atoms with Crippen molar-refractivity contribution in [3.8, 4) is 0 Å². The molecule has 3 heteroatoms. The second kappa shape index (κ2) is 16.2. The highest BCUT2D eigenvalue weighted by Crippen LogP contribution is 2.26. The van der Waals surface area contributed by atoms with E-state index in [-0.39, 0.29) is 5.91 Å². The van der Waals surface area contributed by atoms with Crippen LogP contribution in [-0.4, -0.2) is 19.0 Å². The maximum absolute atomic E-state index is 12.2. The minimum absolute atomic E-state index is 0.129. The summed E-state index contributed by atoms with van der Waals surface area (Å²) in [6.07, 6.45) is 12.8. The Labute approximate surface area is 187 Å². The van der Waals surface area contributed by atoms with E-state index in [1.807, 2.05) is 6.07 Å². The highest BCUT2D eigenvalue weighted by molar-refractivity contribution is 5.91. The predicted molar refractivity (Wildman–Crippen MR) is 133 cm³/mol. The van der Waals surface area contributed by atoms with Crippen molar-refractivity contribution in [2.24, 2.45) is 11.8 Å². The summed E-state index contributed by atoms with van der Waals surface area (Å²) in [4.78, 5) is 14.8. The Morgan fingerprint density at radius 1 is 0.867 bits per heavy atom. The minimum Gasteiger partial charge on any atom is -0.371 e. The van der Waals surface area contributed by atoms with Gasteiger partial charge in [-0.2, -0.15) is 0 Å². The standard InChI is InChI=1S/C27H48N2O/c1-6-11-15-23(9-4)21-29(22-24(10-5)16-12-7-2)26-18-14-17-25(20-26)28-27(30)19-13-8-3/h14,17-18,20,23-24H,6-13,15-16,19,21-22H2,1-5H3,(H,28,30). The summed E-state index contributed by atoms with van der Waals surface area (Å²) < 4.78 is 0. The lowest BCUT2D eigenvalue weighted by Gasteiger charge is -2.33. The summed E-state index contributed by atoms with van der Waals surface area (Å²) in [5, 5.41) is 3.11. The van der Waals surface area contributed by atoms with Gasteiger partial charge in [-0.1, -0.05) is 85.6 Å². The number of hydrogen-bond acceptors (Lipinski definition) is 2. The van der Waals surface area contributed by atoms with Crippen LogP contribution in [0.1, 0.15) is 105 Å².